The van der Waals surface area contributed by atoms with Crippen LogP contribution in [0.4, 0.5) is 0 Å². The van der Waals surface area contributed by atoms with Gasteiger partial charge in [-0.15, -0.1) is 10.2 Å². The standard InChI is InChI=1S/C44H50N10O2/c1-51(2)40(32-13-7-5-8-14-32)29-56-54-26-12-18-39(54)43-46-28-37(48-43)35-24-23-34(49-50-35)30-19-21-31(22-20-30)36-27-45-42(47-36)38-17-11-25-53(38)44(55)41(52(3)4)33-15-9-6-10-16-33/h5-10,13-16,19-24,27-28,38-41H,11-12,17-18,25-26,29H2,1-4H3,(H,45,47)(H,46,48)/t38-,39-,40-,41+/m0/s1. The summed E-state index contributed by atoms with van der Waals surface area (Å²) in [6.07, 6.45) is 7.53. The van der Waals surface area contributed by atoms with E-state index in [1.165, 1.54) is 5.56 Å². The molecule has 0 spiro atoms. The third-order valence-corrected chi connectivity index (χ3v) is 11.1. The predicted molar refractivity (Wildman–Crippen MR) is 217 cm³/mol. The zero-order valence-electron chi connectivity index (χ0n) is 32.5. The minimum atomic E-state index is -0.344. The minimum absolute atomic E-state index is 0.0497. The molecule has 8 rings (SSSR count). The smallest absolute Gasteiger partial charge is 0.245 e. The number of rotatable bonds is 13. The number of likely N-dealkylation sites (N-methyl/N-ethyl adjacent to an activating group) is 2. The third kappa shape index (κ3) is 7.92. The summed E-state index contributed by atoms with van der Waals surface area (Å²) in [6, 6.07) is 32.4. The molecule has 12 nitrogen and oxygen atoms in total. The molecule has 2 aliphatic heterocycles. The molecule has 0 bridgehead atoms. The molecule has 2 N–H and O–H groups in total. The number of hydrogen-bond donors (Lipinski definition) is 2. The van der Waals surface area contributed by atoms with Crippen molar-refractivity contribution in [3.8, 4) is 33.9 Å². The number of likely N-dealkylation sites (tertiary alicyclic amines) is 1. The normalized spacial score (nSPS) is 18.6. The van der Waals surface area contributed by atoms with Crippen LogP contribution in [0.3, 0.4) is 0 Å². The van der Waals surface area contributed by atoms with E-state index in [4.69, 9.17) is 14.8 Å². The lowest BCUT2D eigenvalue weighted by Crippen LogP contribution is -2.40. The van der Waals surface area contributed by atoms with Gasteiger partial charge in [-0.2, -0.15) is 5.06 Å². The summed E-state index contributed by atoms with van der Waals surface area (Å²) in [5.74, 6) is 1.79. The number of hydroxylamine groups is 2. The highest BCUT2D eigenvalue weighted by molar-refractivity contribution is 5.84. The predicted octanol–water partition coefficient (Wildman–Crippen LogP) is 7.26. The van der Waals surface area contributed by atoms with Gasteiger partial charge in [0.05, 0.1) is 54.2 Å². The molecule has 0 saturated carbocycles. The molecule has 288 valence electrons. The second kappa shape index (κ2) is 16.7. The highest BCUT2D eigenvalue weighted by atomic mass is 16.7. The third-order valence-electron chi connectivity index (χ3n) is 11.1. The van der Waals surface area contributed by atoms with Gasteiger partial charge in [0.1, 0.15) is 23.4 Å². The fraction of sp³-hybridized carbons (Fsp3) is 0.341. The van der Waals surface area contributed by atoms with Crippen LogP contribution in [0.2, 0.25) is 0 Å². The van der Waals surface area contributed by atoms with Crippen LogP contribution in [0.1, 0.15) is 72.6 Å². The molecular weight excluding hydrogens is 701 g/mol. The van der Waals surface area contributed by atoms with Crippen molar-refractivity contribution in [2.45, 2.75) is 49.9 Å². The number of H-pyrrole nitrogens is 2. The second-order valence-corrected chi connectivity index (χ2v) is 15.2. The highest BCUT2D eigenvalue weighted by Gasteiger charge is 2.37. The molecule has 3 aromatic heterocycles. The molecule has 5 heterocycles. The van der Waals surface area contributed by atoms with Gasteiger partial charge in [0.15, 0.2) is 0 Å². The number of aromatic nitrogens is 6. The number of hydrogen-bond acceptors (Lipinski definition) is 9. The molecule has 0 unspecified atom stereocenters. The van der Waals surface area contributed by atoms with Gasteiger partial charge in [0.25, 0.3) is 0 Å². The lowest BCUT2D eigenvalue weighted by Gasteiger charge is -2.31. The van der Waals surface area contributed by atoms with Gasteiger partial charge in [0, 0.05) is 18.7 Å². The van der Waals surface area contributed by atoms with Gasteiger partial charge < -0.3 is 19.8 Å². The van der Waals surface area contributed by atoms with E-state index in [9.17, 15) is 4.79 Å². The van der Waals surface area contributed by atoms with E-state index in [1.807, 2.05) is 97.0 Å². The van der Waals surface area contributed by atoms with Crippen LogP contribution in [0, 0.1) is 0 Å². The van der Waals surface area contributed by atoms with Crippen molar-refractivity contribution in [2.24, 2.45) is 0 Å². The Hall–Kier alpha value is -5.53. The quantitative estimate of drug-likeness (QED) is 0.126. The summed E-state index contributed by atoms with van der Waals surface area (Å²) in [5.41, 5.74) is 7.45. The number of aromatic amines is 2. The maximum Gasteiger partial charge on any atom is 0.245 e. The van der Waals surface area contributed by atoms with E-state index < -0.39 is 0 Å². The van der Waals surface area contributed by atoms with Crippen LogP contribution < -0.4 is 0 Å². The molecule has 4 atom stereocenters. The first-order chi connectivity index (χ1) is 27.3. The Balaban J connectivity index is 0.903. The van der Waals surface area contributed by atoms with Crippen LogP contribution in [-0.4, -0.2) is 104 Å². The van der Waals surface area contributed by atoms with Crippen molar-refractivity contribution in [3.05, 3.63) is 132 Å². The summed E-state index contributed by atoms with van der Waals surface area (Å²) < 4.78 is 0. The molecule has 1 amide bonds. The topological polar surface area (TPSA) is 122 Å². The maximum absolute atomic E-state index is 13.9. The molecule has 0 aliphatic carbocycles. The van der Waals surface area contributed by atoms with Crippen LogP contribution in [-0.2, 0) is 9.63 Å². The Morgan fingerprint density at radius 1 is 0.696 bits per heavy atom. The molecule has 2 fully saturated rings. The Kier molecular flexibility index (Phi) is 11.1. The van der Waals surface area contributed by atoms with Gasteiger partial charge in [-0.3, -0.25) is 14.5 Å². The molecule has 6 aromatic rings. The van der Waals surface area contributed by atoms with Crippen molar-refractivity contribution in [1.29, 1.82) is 0 Å². The number of imidazole rings is 2. The minimum Gasteiger partial charge on any atom is -0.340 e. The fourth-order valence-corrected chi connectivity index (χ4v) is 8.06. The Morgan fingerprint density at radius 3 is 1.96 bits per heavy atom. The largest absolute Gasteiger partial charge is 0.340 e. The maximum atomic E-state index is 13.9. The highest BCUT2D eigenvalue weighted by Crippen LogP contribution is 2.36. The molecule has 12 heteroatoms. The first-order valence-electron chi connectivity index (χ1n) is 19.5. The lowest BCUT2D eigenvalue weighted by molar-refractivity contribution is -0.183. The van der Waals surface area contributed by atoms with Crippen molar-refractivity contribution in [2.75, 3.05) is 47.9 Å². The van der Waals surface area contributed by atoms with Crippen LogP contribution >= 0.6 is 0 Å². The summed E-state index contributed by atoms with van der Waals surface area (Å²) in [7, 11) is 8.09. The van der Waals surface area contributed by atoms with Crippen LogP contribution in [0.25, 0.3) is 33.9 Å². The van der Waals surface area contributed by atoms with Gasteiger partial charge in [-0.05, 0) is 82.7 Å². The summed E-state index contributed by atoms with van der Waals surface area (Å²) >= 11 is 0. The Labute approximate surface area is 328 Å². The van der Waals surface area contributed by atoms with Crippen LogP contribution in [0.15, 0.2) is 109 Å². The molecule has 2 aliphatic rings. The summed E-state index contributed by atoms with van der Waals surface area (Å²) in [5, 5.41) is 11.2. The van der Waals surface area contributed by atoms with E-state index >= 15 is 0 Å². The molecule has 0 radical (unpaired) electrons. The number of nitrogens with zero attached hydrogens (tertiary/aromatic N) is 8. The van der Waals surface area contributed by atoms with E-state index in [0.717, 1.165) is 83.3 Å². The number of benzene rings is 3. The van der Waals surface area contributed by atoms with Crippen LogP contribution in [0.5, 0.6) is 0 Å². The zero-order chi connectivity index (χ0) is 38.6. The number of amides is 1. The molecule has 2 saturated heterocycles. The zero-order valence-corrected chi connectivity index (χ0v) is 32.5. The average Bonchev–Trinajstić information content (AvgIpc) is 4.06. The molecule has 3 aromatic carbocycles. The van der Waals surface area contributed by atoms with Crippen molar-refractivity contribution < 1.29 is 9.63 Å². The second-order valence-electron chi connectivity index (χ2n) is 15.2. The van der Waals surface area contributed by atoms with Gasteiger partial charge in [0.2, 0.25) is 5.91 Å². The van der Waals surface area contributed by atoms with E-state index in [-0.39, 0.29) is 30.1 Å². The van der Waals surface area contributed by atoms with Crippen molar-refractivity contribution >= 4 is 5.91 Å². The van der Waals surface area contributed by atoms with Crippen molar-refractivity contribution in [3.63, 3.8) is 0 Å². The SMILES string of the molecule is CN(C)[C@@H](CON1CCC[C@H]1c1ncc(-c2ccc(-c3ccc(-c4cnc([C@@H]5CCCN5C(=O)[C@@H](c5ccccc5)N(C)C)[nH]4)cc3)nn2)[nH]1)c1ccccc1. The van der Waals surface area contributed by atoms with Gasteiger partial charge in [-0.1, -0.05) is 84.9 Å². The van der Waals surface area contributed by atoms with Gasteiger partial charge in [-0.25, -0.2) is 9.97 Å². The summed E-state index contributed by atoms with van der Waals surface area (Å²) in [6.45, 7) is 2.14. The average molecular weight is 751 g/mol. The first-order valence-corrected chi connectivity index (χ1v) is 19.5. The number of carbonyl (C=O) groups excluding carboxylic acids is 1. The molecule has 56 heavy (non-hydrogen) atoms. The van der Waals surface area contributed by atoms with E-state index in [2.05, 4.69) is 80.6 Å². The fourth-order valence-electron chi connectivity index (χ4n) is 8.06. The lowest BCUT2D eigenvalue weighted by atomic mass is 10.0. The number of nitrogens with one attached hydrogen (secondary N) is 2. The molecular formula is C44H50N10O2. The number of carbonyl (C=O) groups is 1. The van der Waals surface area contributed by atoms with Crippen molar-refractivity contribution in [1.82, 2.24) is 49.9 Å². The van der Waals surface area contributed by atoms with E-state index in [0.29, 0.717) is 13.2 Å². The van der Waals surface area contributed by atoms with E-state index in [1.54, 1.807) is 0 Å². The Morgan fingerprint density at radius 2 is 1.29 bits per heavy atom. The summed E-state index contributed by atoms with van der Waals surface area (Å²) in [4.78, 5) is 43.0. The Bertz CT molecular complexity index is 2180. The first kappa shape index (κ1) is 37.4. The van der Waals surface area contributed by atoms with Gasteiger partial charge >= 0.3 is 0 Å². The monoisotopic (exact) mass is 750 g/mol.